The van der Waals surface area contributed by atoms with Gasteiger partial charge in [-0.25, -0.2) is 8.42 Å². The highest BCUT2D eigenvalue weighted by Gasteiger charge is 2.28. The van der Waals surface area contributed by atoms with Crippen molar-refractivity contribution in [1.82, 2.24) is 4.31 Å². The maximum absolute atomic E-state index is 12.8. The van der Waals surface area contributed by atoms with Crippen molar-refractivity contribution in [2.24, 2.45) is 0 Å². The third kappa shape index (κ3) is 3.09. The molecule has 108 valence electrons. The molecule has 0 amide bonds. The molecule has 0 saturated heterocycles. The van der Waals surface area contributed by atoms with E-state index in [4.69, 9.17) is 0 Å². The summed E-state index contributed by atoms with van der Waals surface area (Å²) in [5, 5.41) is 3.04. The molecule has 0 heterocycles. The van der Waals surface area contributed by atoms with Gasteiger partial charge in [0.1, 0.15) is 0 Å². The number of nitrogens with one attached hydrogen (secondary N) is 1. The lowest BCUT2D eigenvalue weighted by atomic mass is 10.1. The monoisotopic (exact) mass is 284 g/mol. The van der Waals surface area contributed by atoms with Crippen molar-refractivity contribution in [1.29, 1.82) is 0 Å². The fourth-order valence-electron chi connectivity index (χ4n) is 2.43. The van der Waals surface area contributed by atoms with E-state index >= 15 is 0 Å². The van der Waals surface area contributed by atoms with Crippen LogP contribution in [0.5, 0.6) is 0 Å². The highest BCUT2D eigenvalue weighted by atomic mass is 32.2. The van der Waals surface area contributed by atoms with E-state index in [1.54, 1.807) is 0 Å². The van der Waals surface area contributed by atoms with Crippen LogP contribution >= 0.6 is 0 Å². The molecule has 0 radical (unpaired) electrons. The molecule has 5 heteroatoms. The molecule has 0 saturated carbocycles. The summed E-state index contributed by atoms with van der Waals surface area (Å²) in [5.74, 6) is 0. The minimum atomic E-state index is -3.43. The third-order valence-corrected chi connectivity index (χ3v) is 5.66. The summed E-state index contributed by atoms with van der Waals surface area (Å²) >= 11 is 0. The Bertz CT molecular complexity index is 528. The number of sulfonamides is 1. The van der Waals surface area contributed by atoms with Crippen LogP contribution in [-0.4, -0.2) is 32.4 Å². The van der Waals surface area contributed by atoms with Crippen LogP contribution in [0.25, 0.3) is 0 Å². The number of benzene rings is 1. The molecular formula is C14H24N2O2S. The Morgan fingerprint density at radius 3 is 2.00 bits per heavy atom. The molecule has 0 aliphatic carbocycles. The van der Waals surface area contributed by atoms with Crippen molar-refractivity contribution in [2.45, 2.75) is 45.6 Å². The first kappa shape index (κ1) is 16.0. The van der Waals surface area contributed by atoms with Crippen molar-refractivity contribution >= 4 is 15.7 Å². The second kappa shape index (κ2) is 5.92. The Hall–Kier alpha value is -1.07. The third-order valence-electron chi connectivity index (χ3n) is 3.20. The van der Waals surface area contributed by atoms with Crippen LogP contribution in [0.4, 0.5) is 5.69 Å². The van der Waals surface area contributed by atoms with E-state index in [1.807, 2.05) is 53.8 Å². The number of aryl methyl sites for hydroxylation is 2. The lowest BCUT2D eigenvalue weighted by Crippen LogP contribution is -2.37. The van der Waals surface area contributed by atoms with Gasteiger partial charge in [0.25, 0.3) is 0 Å². The zero-order valence-electron chi connectivity index (χ0n) is 12.6. The Morgan fingerprint density at radius 2 is 1.68 bits per heavy atom. The highest BCUT2D eigenvalue weighted by Crippen LogP contribution is 2.28. The molecule has 0 atom stereocenters. The van der Waals surface area contributed by atoms with Gasteiger partial charge in [-0.15, -0.1) is 0 Å². The second-order valence-corrected chi connectivity index (χ2v) is 6.82. The van der Waals surface area contributed by atoms with Crippen LogP contribution in [-0.2, 0) is 10.0 Å². The summed E-state index contributed by atoms with van der Waals surface area (Å²) in [4.78, 5) is 0.432. The maximum atomic E-state index is 12.8. The van der Waals surface area contributed by atoms with Gasteiger partial charge in [-0.2, -0.15) is 4.31 Å². The smallest absolute Gasteiger partial charge is 0.243 e. The zero-order valence-corrected chi connectivity index (χ0v) is 13.4. The second-order valence-electron chi connectivity index (χ2n) is 4.99. The first-order chi connectivity index (χ1) is 8.75. The summed E-state index contributed by atoms with van der Waals surface area (Å²) in [6.45, 7) is 9.82. The molecule has 0 aliphatic rings. The lowest BCUT2D eigenvalue weighted by Gasteiger charge is -2.26. The number of hydrogen-bond acceptors (Lipinski definition) is 3. The largest absolute Gasteiger partial charge is 0.388 e. The van der Waals surface area contributed by atoms with Crippen LogP contribution in [0.1, 0.15) is 31.9 Å². The molecule has 0 aromatic heterocycles. The topological polar surface area (TPSA) is 49.4 Å². The number of nitrogens with zero attached hydrogens (tertiary/aromatic N) is 1. The predicted molar refractivity (Wildman–Crippen MR) is 80.2 cm³/mol. The average molecular weight is 284 g/mol. The summed E-state index contributed by atoms with van der Waals surface area (Å²) in [7, 11) is -1.60. The van der Waals surface area contributed by atoms with Gasteiger partial charge in [0.2, 0.25) is 10.0 Å². The van der Waals surface area contributed by atoms with Gasteiger partial charge in [0.05, 0.1) is 4.90 Å². The van der Waals surface area contributed by atoms with Crippen LogP contribution < -0.4 is 5.32 Å². The van der Waals surface area contributed by atoms with Gasteiger partial charge < -0.3 is 5.32 Å². The minimum Gasteiger partial charge on any atom is -0.388 e. The molecule has 1 aromatic rings. The summed E-state index contributed by atoms with van der Waals surface area (Å²) in [6.07, 6.45) is 0. The van der Waals surface area contributed by atoms with E-state index in [9.17, 15) is 8.42 Å². The molecule has 0 unspecified atom stereocenters. The Kier molecular flexibility index (Phi) is 4.98. The lowest BCUT2D eigenvalue weighted by molar-refractivity contribution is 0.368. The number of rotatable bonds is 5. The standard InChI is InChI=1S/C14H24N2O2S/c1-7-16(10(2)3)19(17,18)14-11(4)8-13(15-6)9-12(14)5/h8-10,15H,7H2,1-6H3. The van der Waals surface area contributed by atoms with E-state index in [2.05, 4.69) is 5.32 Å². The molecule has 0 fully saturated rings. The van der Waals surface area contributed by atoms with Gasteiger partial charge in [0, 0.05) is 25.3 Å². The quantitative estimate of drug-likeness (QED) is 0.904. The molecule has 1 rings (SSSR count). The van der Waals surface area contributed by atoms with E-state index in [1.165, 1.54) is 4.31 Å². The zero-order chi connectivity index (χ0) is 14.8. The van der Waals surface area contributed by atoms with E-state index in [0.717, 1.165) is 16.8 Å². The van der Waals surface area contributed by atoms with Gasteiger partial charge >= 0.3 is 0 Å². The Balaban J connectivity index is 3.45. The van der Waals surface area contributed by atoms with Gasteiger partial charge in [0.15, 0.2) is 0 Å². The normalized spacial score (nSPS) is 12.2. The molecule has 0 bridgehead atoms. The minimum absolute atomic E-state index is 0.0437. The molecule has 19 heavy (non-hydrogen) atoms. The van der Waals surface area contributed by atoms with E-state index in [0.29, 0.717) is 11.4 Å². The SMILES string of the molecule is CCN(C(C)C)S(=O)(=O)c1c(C)cc(NC)cc1C. The number of anilines is 1. The van der Waals surface area contributed by atoms with Crippen LogP contribution in [0.3, 0.4) is 0 Å². The average Bonchev–Trinajstić information content (AvgIpc) is 2.27. The van der Waals surface area contributed by atoms with Crippen LogP contribution in [0, 0.1) is 13.8 Å². The molecular weight excluding hydrogens is 260 g/mol. The predicted octanol–water partition coefficient (Wildman–Crippen LogP) is 2.76. The molecule has 4 nitrogen and oxygen atoms in total. The summed E-state index contributed by atoms with van der Waals surface area (Å²) < 4.78 is 27.0. The fraction of sp³-hybridized carbons (Fsp3) is 0.571. The first-order valence-electron chi connectivity index (χ1n) is 6.56. The molecule has 1 aromatic carbocycles. The van der Waals surface area contributed by atoms with Crippen LogP contribution in [0.2, 0.25) is 0 Å². The summed E-state index contributed by atoms with van der Waals surface area (Å²) in [5.41, 5.74) is 2.49. The molecule has 0 aliphatic heterocycles. The highest BCUT2D eigenvalue weighted by molar-refractivity contribution is 7.89. The van der Waals surface area contributed by atoms with Gasteiger partial charge in [-0.3, -0.25) is 0 Å². The maximum Gasteiger partial charge on any atom is 0.243 e. The van der Waals surface area contributed by atoms with Gasteiger partial charge in [-0.1, -0.05) is 6.92 Å². The summed E-state index contributed by atoms with van der Waals surface area (Å²) in [6, 6.07) is 3.69. The fourth-order valence-corrected chi connectivity index (χ4v) is 4.49. The molecule has 0 spiro atoms. The Morgan fingerprint density at radius 1 is 1.21 bits per heavy atom. The van der Waals surface area contributed by atoms with Crippen LogP contribution in [0.15, 0.2) is 17.0 Å². The van der Waals surface area contributed by atoms with E-state index < -0.39 is 10.0 Å². The number of hydrogen-bond donors (Lipinski definition) is 1. The molecule has 1 N–H and O–H groups in total. The van der Waals surface area contributed by atoms with Gasteiger partial charge in [-0.05, 0) is 51.0 Å². The van der Waals surface area contributed by atoms with E-state index in [-0.39, 0.29) is 6.04 Å². The van der Waals surface area contributed by atoms with Crippen molar-refractivity contribution < 1.29 is 8.42 Å². The van der Waals surface area contributed by atoms with Crippen molar-refractivity contribution in [2.75, 3.05) is 18.9 Å². The first-order valence-corrected chi connectivity index (χ1v) is 8.00. The van der Waals surface area contributed by atoms with Crippen molar-refractivity contribution in [3.05, 3.63) is 23.3 Å². The Labute approximate surface area is 116 Å². The van der Waals surface area contributed by atoms with Crippen molar-refractivity contribution in [3.63, 3.8) is 0 Å². The van der Waals surface area contributed by atoms with Crippen molar-refractivity contribution in [3.8, 4) is 0 Å².